The molecule has 0 aliphatic rings. The van der Waals surface area contributed by atoms with Crippen LogP contribution >= 0.6 is 0 Å². The van der Waals surface area contributed by atoms with Gasteiger partial charge in [-0.1, -0.05) is 18.1 Å². The summed E-state index contributed by atoms with van der Waals surface area (Å²) < 4.78 is 10.4. The van der Waals surface area contributed by atoms with Gasteiger partial charge in [0.15, 0.2) is 0 Å². The number of carbonyl (C=O) groups excluding carboxylic acids is 2. The van der Waals surface area contributed by atoms with Gasteiger partial charge >= 0.3 is 11.8 Å². The van der Waals surface area contributed by atoms with Crippen molar-refractivity contribution >= 4 is 23.7 Å². The second-order valence-corrected chi connectivity index (χ2v) is 4.91. The lowest BCUT2D eigenvalue weighted by Gasteiger charge is -2.06. The Morgan fingerprint density at radius 2 is 1.88 bits per heavy atom. The van der Waals surface area contributed by atoms with E-state index in [1.54, 1.807) is 48.5 Å². The zero-order valence-corrected chi connectivity index (χ0v) is 14.1. The normalized spacial score (nSPS) is 10.0. The zero-order valence-electron chi connectivity index (χ0n) is 14.1. The molecule has 0 heterocycles. The Morgan fingerprint density at radius 1 is 1.15 bits per heavy atom. The second-order valence-electron chi connectivity index (χ2n) is 4.91. The van der Waals surface area contributed by atoms with Crippen molar-refractivity contribution in [1.29, 1.82) is 0 Å². The molecule has 132 valence electrons. The van der Waals surface area contributed by atoms with Gasteiger partial charge in [0.05, 0.1) is 13.3 Å². The maximum absolute atomic E-state index is 11.8. The number of carbonyl (C=O) groups is 2. The maximum atomic E-state index is 11.8. The number of benzene rings is 2. The first kappa shape index (κ1) is 18.5. The van der Waals surface area contributed by atoms with E-state index in [2.05, 4.69) is 21.8 Å². The van der Waals surface area contributed by atoms with E-state index in [9.17, 15) is 9.59 Å². The van der Waals surface area contributed by atoms with Crippen molar-refractivity contribution in [2.45, 2.75) is 0 Å². The highest BCUT2D eigenvalue weighted by molar-refractivity contribution is 6.39. The third kappa shape index (κ3) is 5.39. The van der Waals surface area contributed by atoms with E-state index in [0.717, 1.165) is 0 Å². The van der Waals surface area contributed by atoms with Crippen LogP contribution < -0.4 is 20.2 Å². The SMILES string of the molecule is C#CCOc1ccccc1/C=N/NC(=O)C(=O)Nc1ccc(OC)cc1. The summed E-state index contributed by atoms with van der Waals surface area (Å²) >= 11 is 0. The van der Waals surface area contributed by atoms with Crippen LogP contribution in [-0.2, 0) is 9.59 Å². The number of ether oxygens (including phenoxy) is 2. The van der Waals surface area contributed by atoms with E-state index in [4.69, 9.17) is 15.9 Å². The molecule has 0 aliphatic heterocycles. The predicted molar refractivity (Wildman–Crippen MR) is 98.1 cm³/mol. The smallest absolute Gasteiger partial charge is 0.329 e. The van der Waals surface area contributed by atoms with Crippen molar-refractivity contribution in [1.82, 2.24) is 5.43 Å². The highest BCUT2D eigenvalue weighted by atomic mass is 16.5. The predicted octanol–water partition coefficient (Wildman–Crippen LogP) is 1.80. The minimum absolute atomic E-state index is 0.113. The number of hydrogen-bond acceptors (Lipinski definition) is 5. The highest BCUT2D eigenvalue weighted by Crippen LogP contribution is 2.16. The Morgan fingerprint density at radius 3 is 2.58 bits per heavy atom. The summed E-state index contributed by atoms with van der Waals surface area (Å²) in [5.41, 5.74) is 3.23. The van der Waals surface area contributed by atoms with Gasteiger partial charge in [-0.15, -0.1) is 6.42 Å². The maximum Gasteiger partial charge on any atom is 0.329 e. The van der Waals surface area contributed by atoms with Crippen molar-refractivity contribution in [3.63, 3.8) is 0 Å². The fraction of sp³-hybridized carbons (Fsp3) is 0.105. The van der Waals surface area contributed by atoms with Crippen LogP contribution in [0.4, 0.5) is 5.69 Å². The lowest BCUT2D eigenvalue weighted by Crippen LogP contribution is -2.32. The monoisotopic (exact) mass is 351 g/mol. The third-order valence-electron chi connectivity index (χ3n) is 3.15. The van der Waals surface area contributed by atoms with Crippen LogP contribution in [0.2, 0.25) is 0 Å². The average Bonchev–Trinajstić information content (AvgIpc) is 2.67. The molecule has 0 aromatic heterocycles. The molecular formula is C19H17N3O4. The number of nitrogens with zero attached hydrogens (tertiary/aromatic N) is 1. The Kier molecular flexibility index (Phi) is 6.77. The largest absolute Gasteiger partial charge is 0.497 e. The van der Waals surface area contributed by atoms with Crippen LogP contribution in [0.3, 0.4) is 0 Å². The molecular weight excluding hydrogens is 334 g/mol. The summed E-state index contributed by atoms with van der Waals surface area (Å²) in [7, 11) is 1.54. The van der Waals surface area contributed by atoms with Crippen LogP contribution in [0.15, 0.2) is 53.6 Å². The Hall–Kier alpha value is -3.79. The van der Waals surface area contributed by atoms with E-state index in [1.165, 1.54) is 13.3 Å². The van der Waals surface area contributed by atoms with Crippen molar-refractivity contribution < 1.29 is 19.1 Å². The van der Waals surface area contributed by atoms with Crippen molar-refractivity contribution in [2.75, 3.05) is 19.0 Å². The first-order chi connectivity index (χ1) is 12.6. The Bertz CT molecular complexity index is 839. The number of anilines is 1. The Labute approximate surface area is 151 Å². The topological polar surface area (TPSA) is 89.0 Å². The van der Waals surface area contributed by atoms with Gasteiger partial charge in [-0.2, -0.15) is 5.10 Å². The molecule has 0 bridgehead atoms. The lowest BCUT2D eigenvalue weighted by atomic mass is 10.2. The van der Waals surface area contributed by atoms with Gasteiger partial charge in [0, 0.05) is 11.3 Å². The fourth-order valence-electron chi connectivity index (χ4n) is 1.91. The summed E-state index contributed by atoms with van der Waals surface area (Å²) in [6.07, 6.45) is 6.53. The van der Waals surface area contributed by atoms with E-state index < -0.39 is 11.8 Å². The zero-order chi connectivity index (χ0) is 18.8. The molecule has 2 N–H and O–H groups in total. The van der Waals surface area contributed by atoms with Crippen LogP contribution in [0, 0.1) is 12.3 Å². The minimum atomic E-state index is -0.904. The quantitative estimate of drug-likeness (QED) is 0.359. The molecule has 2 amide bonds. The molecule has 26 heavy (non-hydrogen) atoms. The number of terminal acetylenes is 1. The standard InChI is InChI=1S/C19H17N3O4/c1-3-12-26-17-7-5-4-6-14(17)13-20-22-19(24)18(23)21-15-8-10-16(25-2)11-9-15/h1,4-11,13H,12H2,2H3,(H,21,23)(H,22,24)/b20-13+. The number of methoxy groups -OCH3 is 1. The van der Waals surface area contributed by atoms with Crippen LogP contribution in [-0.4, -0.2) is 31.7 Å². The number of nitrogens with one attached hydrogen (secondary N) is 2. The number of hydrogen-bond donors (Lipinski definition) is 2. The molecule has 2 aromatic carbocycles. The van der Waals surface area contributed by atoms with Gasteiger partial charge < -0.3 is 14.8 Å². The van der Waals surface area contributed by atoms with E-state index in [0.29, 0.717) is 22.7 Å². The molecule has 0 saturated carbocycles. The number of rotatable bonds is 6. The summed E-state index contributed by atoms with van der Waals surface area (Å²) in [6, 6.07) is 13.6. The van der Waals surface area contributed by atoms with Crippen LogP contribution in [0.25, 0.3) is 0 Å². The van der Waals surface area contributed by atoms with Gasteiger partial charge in [0.2, 0.25) is 0 Å². The van der Waals surface area contributed by atoms with Gasteiger partial charge in [-0.05, 0) is 36.4 Å². The lowest BCUT2D eigenvalue weighted by molar-refractivity contribution is -0.136. The molecule has 0 spiro atoms. The first-order valence-electron chi connectivity index (χ1n) is 7.57. The molecule has 7 heteroatoms. The highest BCUT2D eigenvalue weighted by Gasteiger charge is 2.12. The van der Waals surface area contributed by atoms with Crippen LogP contribution in [0.5, 0.6) is 11.5 Å². The number of para-hydroxylation sites is 1. The molecule has 0 atom stereocenters. The van der Waals surface area contributed by atoms with Crippen molar-refractivity contribution in [3.8, 4) is 23.8 Å². The van der Waals surface area contributed by atoms with E-state index in [-0.39, 0.29) is 6.61 Å². The summed E-state index contributed by atoms with van der Waals surface area (Å²) in [4.78, 5) is 23.6. The van der Waals surface area contributed by atoms with Crippen LogP contribution in [0.1, 0.15) is 5.56 Å². The minimum Gasteiger partial charge on any atom is -0.497 e. The van der Waals surface area contributed by atoms with Gasteiger partial charge in [0.25, 0.3) is 0 Å². The summed E-state index contributed by atoms with van der Waals surface area (Å²) in [5.74, 6) is 1.78. The third-order valence-corrected chi connectivity index (χ3v) is 3.15. The fourth-order valence-corrected chi connectivity index (χ4v) is 1.91. The molecule has 0 saturated heterocycles. The average molecular weight is 351 g/mol. The van der Waals surface area contributed by atoms with E-state index >= 15 is 0 Å². The number of amides is 2. The molecule has 0 unspecified atom stereocenters. The van der Waals surface area contributed by atoms with E-state index in [1.807, 2.05) is 0 Å². The molecule has 2 rings (SSSR count). The Balaban J connectivity index is 1.92. The van der Waals surface area contributed by atoms with Gasteiger partial charge in [-0.25, -0.2) is 5.43 Å². The van der Waals surface area contributed by atoms with Gasteiger partial charge in [0.1, 0.15) is 18.1 Å². The van der Waals surface area contributed by atoms with Gasteiger partial charge in [-0.3, -0.25) is 9.59 Å². The molecule has 7 nitrogen and oxygen atoms in total. The molecule has 0 fully saturated rings. The summed E-state index contributed by atoms with van der Waals surface area (Å²) in [6.45, 7) is 0.113. The van der Waals surface area contributed by atoms with Crippen molar-refractivity contribution in [2.24, 2.45) is 5.10 Å². The molecule has 2 aromatic rings. The van der Waals surface area contributed by atoms with Crippen molar-refractivity contribution in [3.05, 3.63) is 54.1 Å². The molecule has 0 aliphatic carbocycles. The second kappa shape index (κ2) is 9.49. The first-order valence-corrected chi connectivity index (χ1v) is 7.57. The molecule has 0 radical (unpaired) electrons. The summed E-state index contributed by atoms with van der Waals surface area (Å²) in [5, 5.41) is 6.22. The number of hydrazone groups is 1.